The molecule has 0 saturated carbocycles. The van der Waals surface area contributed by atoms with E-state index in [1.54, 1.807) is 6.20 Å². The first-order valence-electron chi connectivity index (χ1n) is 6.24. The lowest BCUT2D eigenvalue weighted by atomic mass is 10.0. The quantitative estimate of drug-likeness (QED) is 0.853. The molecule has 1 aromatic heterocycles. The summed E-state index contributed by atoms with van der Waals surface area (Å²) in [6, 6.07) is 4.66. The molecule has 2 rings (SSSR count). The average Bonchev–Trinajstić information content (AvgIpc) is 2.29. The van der Waals surface area contributed by atoms with E-state index in [2.05, 4.69) is 28.9 Å². The maximum absolute atomic E-state index is 5.70. The van der Waals surface area contributed by atoms with Crippen molar-refractivity contribution in [2.45, 2.75) is 25.4 Å². The van der Waals surface area contributed by atoms with Crippen molar-refractivity contribution in [3.63, 3.8) is 0 Å². The number of aromatic nitrogens is 1. The Balaban J connectivity index is 1.94. The van der Waals surface area contributed by atoms with Gasteiger partial charge in [0.15, 0.2) is 0 Å². The maximum atomic E-state index is 5.70. The highest BCUT2D eigenvalue weighted by Crippen LogP contribution is 2.16. The van der Waals surface area contributed by atoms with Gasteiger partial charge in [0.05, 0.1) is 0 Å². The fraction of sp³-hybridized carbons (Fsp3) is 0.615. The number of piperidine rings is 1. The molecule has 1 aliphatic heterocycles. The van der Waals surface area contributed by atoms with Gasteiger partial charge in [-0.2, -0.15) is 0 Å². The molecule has 0 amide bonds. The summed E-state index contributed by atoms with van der Waals surface area (Å²) in [4.78, 5) is 8.85. The second-order valence-electron chi connectivity index (χ2n) is 5.06. The summed E-state index contributed by atoms with van der Waals surface area (Å²) in [6.07, 6.45) is 4.37. The number of pyridine rings is 1. The van der Waals surface area contributed by atoms with Crippen LogP contribution in [-0.2, 0) is 6.54 Å². The first kappa shape index (κ1) is 12.3. The predicted octanol–water partition coefficient (Wildman–Crippen LogP) is 1.19. The van der Waals surface area contributed by atoms with Gasteiger partial charge in [-0.1, -0.05) is 0 Å². The number of anilines is 1. The van der Waals surface area contributed by atoms with Gasteiger partial charge in [-0.05, 0) is 51.2 Å². The van der Waals surface area contributed by atoms with Crippen LogP contribution in [0.3, 0.4) is 0 Å². The number of rotatable bonds is 3. The molecule has 4 heteroatoms. The average molecular weight is 234 g/mol. The van der Waals surface area contributed by atoms with Crippen LogP contribution in [0.15, 0.2) is 18.3 Å². The third-order valence-electron chi connectivity index (χ3n) is 3.50. The van der Waals surface area contributed by atoms with E-state index in [4.69, 9.17) is 5.73 Å². The summed E-state index contributed by atoms with van der Waals surface area (Å²) in [5.74, 6) is 0.608. The highest BCUT2D eigenvalue weighted by molar-refractivity contribution is 5.31. The molecule has 0 radical (unpaired) electrons. The first-order chi connectivity index (χ1) is 8.15. The number of likely N-dealkylation sites (tertiary alicyclic amines) is 1. The van der Waals surface area contributed by atoms with Crippen molar-refractivity contribution < 1.29 is 0 Å². The number of hydrogen-bond donors (Lipinski definition) is 1. The molecule has 0 spiro atoms. The van der Waals surface area contributed by atoms with Crippen LogP contribution in [0, 0.1) is 0 Å². The molecular formula is C13H22N4. The van der Waals surface area contributed by atoms with Crippen molar-refractivity contribution in [3.05, 3.63) is 23.9 Å². The summed E-state index contributed by atoms with van der Waals surface area (Å²) in [5.41, 5.74) is 6.94. The van der Waals surface area contributed by atoms with E-state index in [1.807, 2.05) is 12.1 Å². The van der Waals surface area contributed by atoms with E-state index in [0.29, 0.717) is 11.9 Å². The number of likely N-dealkylation sites (N-methyl/N-ethyl adjacent to an activating group) is 2. The van der Waals surface area contributed by atoms with Gasteiger partial charge < -0.3 is 10.6 Å². The molecule has 1 atom stereocenters. The maximum Gasteiger partial charge on any atom is 0.123 e. The fourth-order valence-electron chi connectivity index (χ4n) is 2.51. The number of nitrogens with zero attached hydrogens (tertiary/aromatic N) is 3. The van der Waals surface area contributed by atoms with Crippen LogP contribution < -0.4 is 5.73 Å². The Labute approximate surface area is 103 Å². The molecule has 0 bridgehead atoms. The van der Waals surface area contributed by atoms with Gasteiger partial charge in [0.25, 0.3) is 0 Å². The monoisotopic (exact) mass is 234 g/mol. The molecule has 0 aliphatic carbocycles. The summed E-state index contributed by atoms with van der Waals surface area (Å²) in [7, 11) is 4.39. The summed E-state index contributed by atoms with van der Waals surface area (Å²) < 4.78 is 0. The van der Waals surface area contributed by atoms with E-state index < -0.39 is 0 Å². The highest BCUT2D eigenvalue weighted by atomic mass is 15.2. The molecular weight excluding hydrogens is 212 g/mol. The lowest BCUT2D eigenvalue weighted by Crippen LogP contribution is -2.44. The van der Waals surface area contributed by atoms with Gasteiger partial charge in [-0.25, -0.2) is 4.98 Å². The van der Waals surface area contributed by atoms with Crippen LogP contribution in [0.4, 0.5) is 5.82 Å². The topological polar surface area (TPSA) is 45.4 Å². The van der Waals surface area contributed by atoms with Gasteiger partial charge in [0.2, 0.25) is 0 Å². The van der Waals surface area contributed by atoms with Crippen molar-refractivity contribution in [2.75, 3.05) is 32.9 Å². The van der Waals surface area contributed by atoms with E-state index in [1.165, 1.54) is 24.9 Å². The molecule has 1 aliphatic rings. The van der Waals surface area contributed by atoms with Crippen LogP contribution in [0.1, 0.15) is 18.4 Å². The molecule has 1 fully saturated rings. The summed E-state index contributed by atoms with van der Waals surface area (Å²) in [5, 5.41) is 0. The molecule has 4 nitrogen and oxygen atoms in total. The molecule has 1 saturated heterocycles. The smallest absolute Gasteiger partial charge is 0.123 e. The predicted molar refractivity (Wildman–Crippen MR) is 70.6 cm³/mol. The minimum absolute atomic E-state index is 0.608. The molecule has 2 N–H and O–H groups in total. The number of nitrogen functional groups attached to an aromatic ring is 1. The van der Waals surface area contributed by atoms with Crippen molar-refractivity contribution >= 4 is 5.82 Å². The Morgan fingerprint density at radius 3 is 3.12 bits per heavy atom. The molecule has 94 valence electrons. The SMILES string of the molecule is CN1CCCC(N(C)Cc2ccnc(N)c2)C1. The number of nitrogens with two attached hydrogens (primary N) is 1. The minimum Gasteiger partial charge on any atom is -0.384 e. The minimum atomic E-state index is 0.608. The zero-order chi connectivity index (χ0) is 12.3. The molecule has 17 heavy (non-hydrogen) atoms. The van der Waals surface area contributed by atoms with Gasteiger partial charge >= 0.3 is 0 Å². The van der Waals surface area contributed by atoms with Crippen LogP contribution in [0.2, 0.25) is 0 Å². The standard InChI is InChI=1S/C13H22N4/c1-16-7-3-4-12(10-16)17(2)9-11-5-6-15-13(14)8-11/h5-6,8,12H,3-4,7,9-10H2,1-2H3,(H2,14,15). The van der Waals surface area contributed by atoms with Crippen LogP contribution in [-0.4, -0.2) is 48.0 Å². The zero-order valence-electron chi connectivity index (χ0n) is 10.8. The lowest BCUT2D eigenvalue weighted by molar-refractivity contribution is 0.129. The van der Waals surface area contributed by atoms with E-state index >= 15 is 0 Å². The Bertz CT molecular complexity index is 366. The normalized spacial score (nSPS) is 21.9. The Morgan fingerprint density at radius 1 is 1.59 bits per heavy atom. The van der Waals surface area contributed by atoms with Crippen molar-refractivity contribution in [1.82, 2.24) is 14.8 Å². The summed E-state index contributed by atoms with van der Waals surface area (Å²) in [6.45, 7) is 3.34. The lowest BCUT2D eigenvalue weighted by Gasteiger charge is -2.35. The number of hydrogen-bond acceptors (Lipinski definition) is 4. The van der Waals surface area contributed by atoms with Gasteiger partial charge in [-0.3, -0.25) is 4.90 Å². The third kappa shape index (κ3) is 3.41. The summed E-state index contributed by atoms with van der Waals surface area (Å²) >= 11 is 0. The highest BCUT2D eigenvalue weighted by Gasteiger charge is 2.20. The fourth-order valence-corrected chi connectivity index (χ4v) is 2.51. The second kappa shape index (κ2) is 5.47. The second-order valence-corrected chi connectivity index (χ2v) is 5.06. The Hall–Kier alpha value is -1.13. The van der Waals surface area contributed by atoms with E-state index in [-0.39, 0.29) is 0 Å². The van der Waals surface area contributed by atoms with Crippen molar-refractivity contribution in [2.24, 2.45) is 0 Å². The van der Waals surface area contributed by atoms with E-state index in [0.717, 1.165) is 13.1 Å². The van der Waals surface area contributed by atoms with Gasteiger partial charge in [0.1, 0.15) is 5.82 Å². The van der Waals surface area contributed by atoms with Crippen LogP contribution in [0.5, 0.6) is 0 Å². The van der Waals surface area contributed by atoms with Gasteiger partial charge in [0, 0.05) is 25.3 Å². The van der Waals surface area contributed by atoms with Crippen LogP contribution in [0.25, 0.3) is 0 Å². The largest absolute Gasteiger partial charge is 0.384 e. The molecule has 1 unspecified atom stereocenters. The third-order valence-corrected chi connectivity index (χ3v) is 3.50. The van der Waals surface area contributed by atoms with Gasteiger partial charge in [-0.15, -0.1) is 0 Å². The molecule has 2 heterocycles. The van der Waals surface area contributed by atoms with Crippen LogP contribution >= 0.6 is 0 Å². The molecule has 1 aromatic rings. The van der Waals surface area contributed by atoms with E-state index in [9.17, 15) is 0 Å². The Kier molecular flexibility index (Phi) is 3.97. The molecule has 0 aromatic carbocycles. The Morgan fingerprint density at radius 2 is 2.41 bits per heavy atom. The van der Waals surface area contributed by atoms with Crippen molar-refractivity contribution in [1.29, 1.82) is 0 Å². The first-order valence-corrected chi connectivity index (χ1v) is 6.24. The zero-order valence-corrected chi connectivity index (χ0v) is 10.8. The van der Waals surface area contributed by atoms with Crippen molar-refractivity contribution in [3.8, 4) is 0 Å².